The number of phenols is 1. The van der Waals surface area contributed by atoms with Gasteiger partial charge in [-0.3, -0.25) is 4.90 Å². The van der Waals surface area contributed by atoms with Crippen LogP contribution in [-0.4, -0.2) is 107 Å². The van der Waals surface area contributed by atoms with Crippen molar-refractivity contribution in [1.29, 1.82) is 0 Å². The second kappa shape index (κ2) is 13.7. The highest BCUT2D eigenvalue weighted by atomic mass is 19.1. The van der Waals surface area contributed by atoms with E-state index >= 15 is 8.78 Å². The Kier molecular flexibility index (Phi) is 9.32. The van der Waals surface area contributed by atoms with Crippen LogP contribution < -0.4 is 14.4 Å². The summed E-state index contributed by atoms with van der Waals surface area (Å²) in [5.74, 6) is 0.925. The lowest BCUT2D eigenvalue weighted by atomic mass is 9.70. The van der Waals surface area contributed by atoms with E-state index in [0.717, 1.165) is 51.5 Å². The molecule has 0 amide bonds. The third kappa shape index (κ3) is 6.27. The number of phenolic OH excluding ortho intramolecular Hbond substituents is 1. The van der Waals surface area contributed by atoms with Crippen LogP contribution in [-0.2, 0) is 9.47 Å². The fourth-order valence-electron chi connectivity index (χ4n) is 9.58. The molecular formula is C41H47F2N5O6. The zero-order valence-corrected chi connectivity index (χ0v) is 31.3. The maximum atomic E-state index is 17.3. The summed E-state index contributed by atoms with van der Waals surface area (Å²) in [4.78, 5) is 18.7. The second-order valence-electron chi connectivity index (χ2n) is 16.1. The number of likely N-dealkylation sites (tertiary alicyclic amines) is 1. The first kappa shape index (κ1) is 36.6. The van der Waals surface area contributed by atoms with E-state index in [4.69, 9.17) is 35.3 Å². The number of aromatic hydroxyl groups is 1. The van der Waals surface area contributed by atoms with Gasteiger partial charge >= 0.3 is 6.01 Å². The minimum atomic E-state index is -1.24. The smallest absolute Gasteiger partial charge is 0.319 e. The van der Waals surface area contributed by atoms with Gasteiger partial charge in [0.05, 0.1) is 44.6 Å². The molecule has 2 N–H and O–H groups in total. The van der Waals surface area contributed by atoms with Gasteiger partial charge in [-0.15, -0.1) is 6.42 Å². The van der Waals surface area contributed by atoms with Crippen molar-refractivity contribution in [3.63, 3.8) is 0 Å². The van der Waals surface area contributed by atoms with Gasteiger partial charge in [-0.25, -0.2) is 13.8 Å². The molecule has 4 aromatic rings. The SMILES string of the molecule is C#Cc1c(F)ccc2cc(O)cc(-c3nc(OC)c4c(N5CCOCC(C)(O)C5)nc(OCC56CCCC5N(C5CC(C)(OC)C5)CCC6)nc4c3F)c12. The molecule has 0 spiro atoms. The molecule has 286 valence electrons. The zero-order valence-electron chi connectivity index (χ0n) is 31.3. The number of nitrogens with zero attached hydrogens (tertiary/aromatic N) is 5. The third-order valence-electron chi connectivity index (χ3n) is 12.2. The molecule has 3 atom stereocenters. The van der Waals surface area contributed by atoms with Crippen molar-refractivity contribution in [2.75, 3.05) is 58.6 Å². The van der Waals surface area contributed by atoms with E-state index in [0.29, 0.717) is 30.6 Å². The van der Waals surface area contributed by atoms with E-state index < -0.39 is 17.2 Å². The predicted octanol–water partition coefficient (Wildman–Crippen LogP) is 5.99. The van der Waals surface area contributed by atoms with Crippen LogP contribution >= 0.6 is 0 Å². The number of aromatic nitrogens is 3. The molecule has 2 aromatic heterocycles. The average Bonchev–Trinajstić information content (AvgIpc) is 3.49. The van der Waals surface area contributed by atoms with Gasteiger partial charge in [0, 0.05) is 42.1 Å². The Labute approximate surface area is 313 Å². The summed E-state index contributed by atoms with van der Waals surface area (Å²) in [7, 11) is 3.19. The van der Waals surface area contributed by atoms with Crippen molar-refractivity contribution >= 4 is 27.5 Å². The highest BCUT2D eigenvalue weighted by molar-refractivity contribution is 6.04. The highest BCUT2D eigenvalue weighted by Crippen LogP contribution is 2.52. The number of pyridine rings is 1. The fraction of sp³-hybridized carbons (Fsp3) is 0.537. The molecule has 8 rings (SSSR count). The van der Waals surface area contributed by atoms with E-state index in [1.54, 1.807) is 14.0 Å². The zero-order chi connectivity index (χ0) is 38.0. The summed E-state index contributed by atoms with van der Waals surface area (Å²) >= 11 is 0. The Morgan fingerprint density at radius 3 is 2.61 bits per heavy atom. The number of halogens is 2. The minimum Gasteiger partial charge on any atom is -0.508 e. The Hall–Kier alpha value is -4.35. The lowest BCUT2D eigenvalue weighted by Crippen LogP contribution is -2.62. The molecule has 2 aromatic carbocycles. The standard InChI is InChI=1S/C41H47F2N5O6/c1-6-27-29(42)11-10-24-17-26(49)18-28(31(24)27)34-33(43)35-32(37(44-34)51-4)36(47-15-16-53-22-39(2,50)21-47)46-38(45-35)54-23-41-12-7-9-30(41)48(14-8-13-41)25-19-40(3,20-25)52-5/h1,10-11,17-18,25,30,49-50H,7-9,12-16,19-23H2,2-5H3. The largest absolute Gasteiger partial charge is 0.508 e. The number of rotatable bonds is 8. The molecule has 4 fully saturated rings. The van der Waals surface area contributed by atoms with Gasteiger partial charge in [0.15, 0.2) is 5.82 Å². The van der Waals surface area contributed by atoms with E-state index in [-0.39, 0.29) is 87.3 Å². The van der Waals surface area contributed by atoms with Gasteiger partial charge in [-0.2, -0.15) is 9.97 Å². The van der Waals surface area contributed by atoms with E-state index in [9.17, 15) is 10.2 Å². The summed E-state index contributed by atoms with van der Waals surface area (Å²) in [6.07, 6.45) is 13.0. The summed E-state index contributed by atoms with van der Waals surface area (Å²) in [5, 5.41) is 22.7. The van der Waals surface area contributed by atoms with Crippen LogP contribution in [0.2, 0.25) is 0 Å². The molecule has 2 saturated heterocycles. The minimum absolute atomic E-state index is 0.0103. The van der Waals surface area contributed by atoms with E-state index in [1.807, 2.05) is 4.90 Å². The molecule has 3 unspecified atom stereocenters. The molecule has 11 nitrogen and oxygen atoms in total. The number of fused-ring (bicyclic) bond motifs is 3. The predicted molar refractivity (Wildman–Crippen MR) is 200 cm³/mol. The van der Waals surface area contributed by atoms with Gasteiger partial charge < -0.3 is 34.1 Å². The number of piperidine rings is 1. The third-order valence-corrected chi connectivity index (χ3v) is 12.2. The lowest BCUT2D eigenvalue weighted by Gasteiger charge is -2.56. The van der Waals surface area contributed by atoms with Gasteiger partial charge in [0.2, 0.25) is 5.88 Å². The molecule has 13 heteroatoms. The molecule has 2 aliphatic heterocycles. The van der Waals surface area contributed by atoms with Gasteiger partial charge in [-0.1, -0.05) is 18.4 Å². The van der Waals surface area contributed by atoms with Crippen molar-refractivity contribution in [3.05, 3.63) is 41.5 Å². The van der Waals surface area contributed by atoms with Crippen LogP contribution in [0.1, 0.15) is 64.4 Å². The van der Waals surface area contributed by atoms with Gasteiger partial charge in [0.25, 0.3) is 0 Å². The molecule has 2 aliphatic carbocycles. The number of β-amino-alcohol motifs (C(OH)–C–C–N with tert-alkyl or cyclic N) is 1. The van der Waals surface area contributed by atoms with E-state index in [2.05, 4.69) is 22.7 Å². The van der Waals surface area contributed by atoms with Crippen LogP contribution in [0.15, 0.2) is 24.3 Å². The highest BCUT2D eigenvalue weighted by Gasteiger charge is 2.54. The Morgan fingerprint density at radius 1 is 1.06 bits per heavy atom. The summed E-state index contributed by atoms with van der Waals surface area (Å²) < 4.78 is 56.3. The van der Waals surface area contributed by atoms with Crippen LogP contribution in [0.3, 0.4) is 0 Å². The molecule has 0 radical (unpaired) electrons. The maximum Gasteiger partial charge on any atom is 0.319 e. The van der Waals surface area contributed by atoms with Crippen LogP contribution in [0.25, 0.3) is 32.9 Å². The Morgan fingerprint density at radius 2 is 1.85 bits per heavy atom. The number of benzene rings is 2. The first-order valence-corrected chi connectivity index (χ1v) is 18.7. The lowest BCUT2D eigenvalue weighted by molar-refractivity contribution is -0.134. The molecule has 4 aliphatic rings. The second-order valence-corrected chi connectivity index (χ2v) is 16.1. The van der Waals surface area contributed by atoms with Crippen molar-refractivity contribution in [2.24, 2.45) is 5.41 Å². The normalized spacial score (nSPS) is 28.7. The molecule has 4 heterocycles. The number of methoxy groups -OCH3 is 2. The average molecular weight is 744 g/mol. The molecule has 54 heavy (non-hydrogen) atoms. The van der Waals surface area contributed by atoms with Gasteiger partial charge in [-0.05, 0) is 82.5 Å². The number of ether oxygens (including phenoxy) is 4. The number of anilines is 1. The summed E-state index contributed by atoms with van der Waals surface area (Å²) in [6.45, 7) is 6.08. The summed E-state index contributed by atoms with van der Waals surface area (Å²) in [5.41, 5.74) is -1.86. The van der Waals surface area contributed by atoms with Crippen LogP contribution in [0.4, 0.5) is 14.6 Å². The van der Waals surface area contributed by atoms with Crippen molar-refractivity contribution in [3.8, 4) is 41.2 Å². The molecule has 0 bridgehead atoms. The van der Waals surface area contributed by atoms with Crippen molar-refractivity contribution < 1.29 is 37.9 Å². The number of hydrogen-bond donors (Lipinski definition) is 2. The topological polar surface area (TPSA) is 123 Å². The summed E-state index contributed by atoms with van der Waals surface area (Å²) in [6, 6.07) is 6.18. The van der Waals surface area contributed by atoms with Crippen LogP contribution in [0.5, 0.6) is 17.6 Å². The first-order chi connectivity index (χ1) is 25.9. The van der Waals surface area contributed by atoms with E-state index in [1.165, 1.54) is 31.4 Å². The maximum absolute atomic E-state index is 17.3. The molecule has 2 saturated carbocycles. The van der Waals surface area contributed by atoms with Crippen LogP contribution in [0, 0.1) is 29.4 Å². The number of terminal acetylenes is 1. The Balaban J connectivity index is 1.25. The van der Waals surface area contributed by atoms with Gasteiger partial charge in [0.1, 0.15) is 39.6 Å². The fourth-order valence-corrected chi connectivity index (χ4v) is 9.58. The quantitative estimate of drug-likeness (QED) is 0.207. The molecular weight excluding hydrogens is 696 g/mol. The number of aliphatic hydroxyl groups is 1. The van der Waals surface area contributed by atoms with Crippen molar-refractivity contribution in [1.82, 2.24) is 19.9 Å². The number of hydrogen-bond acceptors (Lipinski definition) is 11. The van der Waals surface area contributed by atoms with Crippen molar-refractivity contribution in [2.45, 2.75) is 82.1 Å². The monoisotopic (exact) mass is 743 g/mol. The Bertz CT molecular complexity index is 2150. The first-order valence-electron chi connectivity index (χ1n) is 18.7.